The third-order valence-corrected chi connectivity index (χ3v) is 6.64. The van der Waals surface area contributed by atoms with Gasteiger partial charge in [0.25, 0.3) is 0 Å². The fourth-order valence-corrected chi connectivity index (χ4v) is 4.12. The number of phenolic OH excluding ortho intramolecular Hbond substituents is 1. The molecule has 17 heteroatoms. The van der Waals surface area contributed by atoms with Gasteiger partial charge in [-0.3, -0.25) is 28.8 Å². The number of rotatable bonds is 20. The summed E-state index contributed by atoms with van der Waals surface area (Å²) in [5.74, 6) is -6.91. The van der Waals surface area contributed by atoms with Crippen molar-refractivity contribution in [2.45, 2.75) is 82.6 Å². The second-order valence-corrected chi connectivity index (χ2v) is 10.8. The number of primary amides is 2. The Kier molecular flexibility index (Phi) is 16.0. The summed E-state index contributed by atoms with van der Waals surface area (Å²) in [5.41, 5.74) is 21.9. The van der Waals surface area contributed by atoms with Crippen molar-refractivity contribution in [1.29, 1.82) is 0 Å². The minimum absolute atomic E-state index is 0.0514. The number of carboxylic acid groups (broad SMARTS) is 1. The highest BCUT2D eigenvalue weighted by Crippen LogP contribution is 2.13. The first-order chi connectivity index (χ1) is 21.0. The molecule has 0 aromatic heterocycles. The van der Waals surface area contributed by atoms with Gasteiger partial charge in [-0.1, -0.05) is 26.0 Å². The van der Waals surface area contributed by atoms with Crippen LogP contribution in [0.2, 0.25) is 0 Å². The standard InChI is InChI=1S/C28H44N8O9/c1-14(2)23(27(43)34-19(28(44)45)4-3-11-29)36-26(42)20(12-15-5-7-16(37)8-6-15)35-25(41)18(9-10-21(31)38)33-24(40)17(30)13-22(32)39/h5-8,14,17-20,23,37H,3-4,9-13,29-30H2,1-2H3,(H2,31,38)(H2,32,39)(H,33,40)(H,34,43)(H,35,41)(H,36,42)(H,44,45)/t17-,18-,19-,20-,23-/m0/s1. The molecule has 0 aliphatic rings. The molecule has 0 aliphatic carbocycles. The Morgan fingerprint density at radius 3 is 1.82 bits per heavy atom. The van der Waals surface area contributed by atoms with Crippen LogP contribution in [-0.4, -0.2) is 88.4 Å². The minimum Gasteiger partial charge on any atom is -0.508 e. The van der Waals surface area contributed by atoms with Gasteiger partial charge in [-0.15, -0.1) is 0 Å². The average molecular weight is 637 g/mol. The van der Waals surface area contributed by atoms with E-state index in [0.717, 1.165) is 0 Å². The van der Waals surface area contributed by atoms with Crippen LogP contribution in [0, 0.1) is 5.92 Å². The molecule has 0 saturated carbocycles. The van der Waals surface area contributed by atoms with E-state index < -0.39 is 84.0 Å². The smallest absolute Gasteiger partial charge is 0.326 e. The molecule has 5 atom stereocenters. The van der Waals surface area contributed by atoms with Gasteiger partial charge in [-0.05, 0) is 49.4 Å². The van der Waals surface area contributed by atoms with Gasteiger partial charge in [0, 0.05) is 12.8 Å². The Morgan fingerprint density at radius 2 is 1.31 bits per heavy atom. The summed E-state index contributed by atoms with van der Waals surface area (Å²) in [6, 6.07) is -0.919. The number of aromatic hydroxyl groups is 1. The lowest BCUT2D eigenvalue weighted by molar-refractivity contribution is -0.142. The van der Waals surface area contributed by atoms with Gasteiger partial charge in [-0.25, -0.2) is 4.79 Å². The molecular formula is C28H44N8O9. The topological polar surface area (TPSA) is 312 Å². The number of carbonyl (C=O) groups excluding carboxylic acids is 6. The molecule has 6 amide bonds. The first-order valence-electron chi connectivity index (χ1n) is 14.3. The van der Waals surface area contributed by atoms with Crippen LogP contribution in [-0.2, 0) is 40.0 Å². The fourth-order valence-electron chi connectivity index (χ4n) is 4.12. The molecular weight excluding hydrogens is 592 g/mol. The molecule has 14 N–H and O–H groups in total. The predicted molar refractivity (Wildman–Crippen MR) is 161 cm³/mol. The summed E-state index contributed by atoms with van der Waals surface area (Å²) in [6.07, 6.45) is -0.871. The Labute approximate surface area is 260 Å². The molecule has 0 saturated heterocycles. The SMILES string of the molecule is CC(C)[C@H](NC(=O)[C@H](Cc1ccc(O)cc1)NC(=O)[C@H](CCC(N)=O)NC(=O)[C@@H](N)CC(N)=O)C(=O)N[C@@H](CCCN)C(=O)O. The van der Waals surface area contributed by atoms with Gasteiger partial charge < -0.3 is 54.4 Å². The van der Waals surface area contributed by atoms with E-state index in [4.69, 9.17) is 22.9 Å². The lowest BCUT2D eigenvalue weighted by Crippen LogP contribution is -2.60. The molecule has 0 heterocycles. The van der Waals surface area contributed by atoms with Crippen LogP contribution >= 0.6 is 0 Å². The maximum Gasteiger partial charge on any atom is 0.326 e. The molecule has 0 radical (unpaired) electrons. The van der Waals surface area contributed by atoms with E-state index in [9.17, 15) is 43.8 Å². The van der Waals surface area contributed by atoms with Crippen molar-refractivity contribution < 1.29 is 43.8 Å². The summed E-state index contributed by atoms with van der Waals surface area (Å²) in [5, 5.41) is 28.9. The Hall–Kier alpha value is -4.77. The highest BCUT2D eigenvalue weighted by Gasteiger charge is 2.33. The van der Waals surface area contributed by atoms with Crippen LogP contribution in [0.1, 0.15) is 51.5 Å². The highest BCUT2D eigenvalue weighted by molar-refractivity contribution is 5.96. The molecule has 0 bridgehead atoms. The van der Waals surface area contributed by atoms with Crippen LogP contribution in [0.25, 0.3) is 0 Å². The zero-order chi connectivity index (χ0) is 34.3. The van der Waals surface area contributed by atoms with Gasteiger partial charge in [0.05, 0.1) is 12.5 Å². The van der Waals surface area contributed by atoms with Crippen molar-refractivity contribution in [2.24, 2.45) is 28.9 Å². The third kappa shape index (κ3) is 14.0. The summed E-state index contributed by atoms with van der Waals surface area (Å²) in [4.78, 5) is 86.9. The van der Waals surface area contributed by atoms with Gasteiger partial charge >= 0.3 is 5.97 Å². The largest absolute Gasteiger partial charge is 0.508 e. The van der Waals surface area contributed by atoms with Gasteiger partial charge in [0.15, 0.2) is 0 Å². The zero-order valence-corrected chi connectivity index (χ0v) is 25.3. The Bertz CT molecular complexity index is 1210. The van der Waals surface area contributed by atoms with Crippen LogP contribution in [0.4, 0.5) is 0 Å². The third-order valence-electron chi connectivity index (χ3n) is 6.64. The molecule has 1 aromatic rings. The van der Waals surface area contributed by atoms with Gasteiger partial charge in [-0.2, -0.15) is 0 Å². The Balaban J connectivity index is 3.29. The van der Waals surface area contributed by atoms with E-state index in [2.05, 4.69) is 21.3 Å². The predicted octanol–water partition coefficient (Wildman–Crippen LogP) is -3.18. The van der Waals surface area contributed by atoms with Crippen LogP contribution in [0.3, 0.4) is 0 Å². The number of aliphatic carboxylic acids is 1. The number of nitrogens with one attached hydrogen (secondary N) is 4. The first kappa shape index (κ1) is 38.3. The number of hydrogen-bond donors (Lipinski definition) is 10. The summed E-state index contributed by atoms with van der Waals surface area (Å²) in [7, 11) is 0. The number of nitrogens with two attached hydrogens (primary N) is 4. The van der Waals surface area contributed by atoms with Crippen molar-refractivity contribution in [3.05, 3.63) is 29.8 Å². The molecule has 1 rings (SSSR count). The second kappa shape index (κ2) is 18.8. The van der Waals surface area contributed by atoms with Gasteiger partial charge in [0.2, 0.25) is 35.4 Å². The summed E-state index contributed by atoms with van der Waals surface area (Å²) < 4.78 is 0. The van der Waals surface area contributed by atoms with Crippen LogP contribution < -0.4 is 44.2 Å². The number of phenols is 1. The number of benzene rings is 1. The number of hydrogen-bond acceptors (Lipinski definition) is 10. The Morgan fingerprint density at radius 1 is 0.756 bits per heavy atom. The molecule has 0 aliphatic heterocycles. The maximum atomic E-state index is 13.6. The number of carboxylic acids is 1. The quantitative estimate of drug-likeness (QED) is 0.0680. The van der Waals surface area contributed by atoms with Crippen molar-refractivity contribution in [3.63, 3.8) is 0 Å². The van der Waals surface area contributed by atoms with E-state index in [1.54, 1.807) is 13.8 Å². The average Bonchev–Trinajstić information content (AvgIpc) is 2.95. The van der Waals surface area contributed by atoms with Crippen molar-refractivity contribution in [1.82, 2.24) is 21.3 Å². The summed E-state index contributed by atoms with van der Waals surface area (Å²) >= 11 is 0. The lowest BCUT2D eigenvalue weighted by Gasteiger charge is -2.28. The lowest BCUT2D eigenvalue weighted by atomic mass is 9.99. The molecule has 0 fully saturated rings. The summed E-state index contributed by atoms with van der Waals surface area (Å²) in [6.45, 7) is 3.46. The van der Waals surface area contributed by atoms with E-state index in [1.165, 1.54) is 24.3 Å². The number of carbonyl (C=O) groups is 7. The van der Waals surface area contributed by atoms with E-state index in [-0.39, 0.29) is 38.0 Å². The zero-order valence-electron chi connectivity index (χ0n) is 25.3. The molecule has 250 valence electrons. The van der Waals surface area contributed by atoms with E-state index in [1.807, 2.05) is 0 Å². The van der Waals surface area contributed by atoms with Crippen LogP contribution in [0.15, 0.2) is 24.3 Å². The molecule has 1 aromatic carbocycles. The van der Waals surface area contributed by atoms with E-state index >= 15 is 0 Å². The normalized spacial score (nSPS) is 14.2. The number of amides is 6. The van der Waals surface area contributed by atoms with Gasteiger partial charge in [0.1, 0.15) is 29.9 Å². The minimum atomic E-state index is -1.41. The fraction of sp³-hybridized carbons (Fsp3) is 0.536. The monoisotopic (exact) mass is 636 g/mol. The maximum absolute atomic E-state index is 13.6. The molecule has 0 unspecified atom stereocenters. The first-order valence-corrected chi connectivity index (χ1v) is 14.3. The van der Waals surface area contributed by atoms with Crippen molar-refractivity contribution in [2.75, 3.05) is 6.54 Å². The van der Waals surface area contributed by atoms with E-state index in [0.29, 0.717) is 12.0 Å². The van der Waals surface area contributed by atoms with Crippen LogP contribution in [0.5, 0.6) is 5.75 Å². The molecule has 0 spiro atoms. The van der Waals surface area contributed by atoms with Crippen molar-refractivity contribution in [3.8, 4) is 5.75 Å². The highest BCUT2D eigenvalue weighted by atomic mass is 16.4. The molecule has 45 heavy (non-hydrogen) atoms. The molecule has 17 nitrogen and oxygen atoms in total. The second-order valence-electron chi connectivity index (χ2n) is 10.8. The van der Waals surface area contributed by atoms with Crippen molar-refractivity contribution >= 4 is 41.4 Å².